The molecule has 0 aliphatic carbocycles. The Morgan fingerprint density at radius 3 is 1.91 bits per heavy atom. The maximum atomic E-state index is 12.8. The Morgan fingerprint density at radius 1 is 0.824 bits per heavy atom. The first-order chi connectivity index (χ1) is 16.0. The number of carbonyl (C=O) groups excluding carboxylic acids is 1. The molecule has 0 bridgehead atoms. The fourth-order valence-electron chi connectivity index (χ4n) is 3.03. The number of carboxylic acids is 2. The van der Waals surface area contributed by atoms with E-state index in [1.165, 1.54) is 42.5 Å². The molecule has 0 heterocycles. The molecule has 11 heteroatoms. The summed E-state index contributed by atoms with van der Waals surface area (Å²) in [7, 11) is 0. The molecule has 0 aliphatic heterocycles. The normalized spacial score (nSPS) is 10.6. The van der Waals surface area contributed by atoms with Crippen LogP contribution in [0, 0.1) is 0 Å². The molecule has 3 aromatic carbocycles. The number of nitrogens with zero attached hydrogens (tertiary/aromatic N) is 1. The number of carbonyl (C=O) groups is 3. The van der Waals surface area contributed by atoms with Crippen molar-refractivity contribution in [1.82, 2.24) is 0 Å². The van der Waals surface area contributed by atoms with E-state index in [4.69, 9.17) is 49.8 Å². The zero-order valence-corrected chi connectivity index (χ0v) is 19.4. The van der Waals surface area contributed by atoms with Gasteiger partial charge in [-0.25, -0.2) is 0 Å². The predicted octanol–water partition coefficient (Wildman–Crippen LogP) is 5.35. The van der Waals surface area contributed by atoms with Crippen LogP contribution in [0.4, 0.5) is 5.69 Å². The van der Waals surface area contributed by atoms with Gasteiger partial charge in [0.25, 0.3) is 0 Å². The number of rotatable bonds is 9. The maximum Gasteiger partial charge on any atom is 0.323 e. The molecule has 0 saturated carbocycles. The van der Waals surface area contributed by atoms with Crippen LogP contribution in [0.3, 0.4) is 0 Å². The van der Waals surface area contributed by atoms with Gasteiger partial charge in [0.05, 0.1) is 15.6 Å². The van der Waals surface area contributed by atoms with E-state index >= 15 is 0 Å². The van der Waals surface area contributed by atoms with Crippen LogP contribution in [0.15, 0.2) is 54.6 Å². The number of ketones is 1. The van der Waals surface area contributed by atoms with Gasteiger partial charge in [0.1, 0.15) is 24.6 Å². The van der Waals surface area contributed by atoms with Crippen molar-refractivity contribution in [2.45, 2.75) is 0 Å². The Kier molecular flexibility index (Phi) is 7.88. The third-order valence-corrected chi connectivity index (χ3v) is 5.35. The molecule has 3 rings (SSSR count). The first kappa shape index (κ1) is 25.2. The summed E-state index contributed by atoms with van der Waals surface area (Å²) in [5, 5.41) is 28.7. The van der Waals surface area contributed by atoms with Gasteiger partial charge in [0, 0.05) is 16.3 Å². The van der Waals surface area contributed by atoms with Crippen molar-refractivity contribution in [3.8, 4) is 17.2 Å². The molecule has 0 unspecified atom stereocenters. The zero-order chi connectivity index (χ0) is 25.0. The highest BCUT2D eigenvalue weighted by Crippen LogP contribution is 2.40. The van der Waals surface area contributed by atoms with E-state index in [1.807, 2.05) is 0 Å². The van der Waals surface area contributed by atoms with Crippen molar-refractivity contribution in [3.05, 3.63) is 80.8 Å². The summed E-state index contributed by atoms with van der Waals surface area (Å²) in [4.78, 5) is 36.1. The standard InChI is InChI=1S/C23H16Cl3NO7/c24-13-3-1-12(2-4-13)22(33)16-9-15(5-6-19(16)28)34-23-17(25)7-14(8-18(23)26)27(10-20(29)30)11-21(31)32/h1-9,28H,10-11H2,(H,29,30)(H,31,32). The van der Waals surface area contributed by atoms with Crippen molar-refractivity contribution in [1.29, 1.82) is 0 Å². The number of benzene rings is 3. The van der Waals surface area contributed by atoms with Crippen LogP contribution in [-0.4, -0.2) is 46.1 Å². The number of phenols is 1. The second kappa shape index (κ2) is 10.6. The summed E-state index contributed by atoms with van der Waals surface area (Å²) in [5.41, 5.74) is 0.434. The maximum absolute atomic E-state index is 12.8. The minimum atomic E-state index is -1.24. The van der Waals surface area contributed by atoms with E-state index in [0.29, 0.717) is 10.6 Å². The van der Waals surface area contributed by atoms with Crippen molar-refractivity contribution in [2.24, 2.45) is 0 Å². The third-order valence-electron chi connectivity index (χ3n) is 4.54. The molecule has 8 nitrogen and oxygen atoms in total. The number of halogens is 3. The highest BCUT2D eigenvalue weighted by atomic mass is 35.5. The summed E-state index contributed by atoms with van der Waals surface area (Å²) in [6.07, 6.45) is 0. The van der Waals surface area contributed by atoms with Gasteiger partial charge in [0.15, 0.2) is 11.5 Å². The molecule has 0 fully saturated rings. The highest BCUT2D eigenvalue weighted by Gasteiger charge is 2.20. The molecule has 0 saturated heterocycles. The fourth-order valence-corrected chi connectivity index (χ4v) is 3.71. The summed E-state index contributed by atoms with van der Waals surface area (Å²) in [5.74, 6) is -3.08. The van der Waals surface area contributed by atoms with Crippen LogP contribution in [0.1, 0.15) is 15.9 Å². The molecular formula is C23H16Cl3NO7. The van der Waals surface area contributed by atoms with Crippen molar-refractivity contribution in [2.75, 3.05) is 18.0 Å². The van der Waals surface area contributed by atoms with Crippen LogP contribution < -0.4 is 9.64 Å². The van der Waals surface area contributed by atoms with Gasteiger partial charge in [-0.2, -0.15) is 0 Å². The minimum absolute atomic E-state index is 0.00624. The molecule has 34 heavy (non-hydrogen) atoms. The van der Waals surface area contributed by atoms with Crippen LogP contribution in [0.2, 0.25) is 15.1 Å². The molecule has 0 amide bonds. The summed E-state index contributed by atoms with van der Waals surface area (Å²) in [6.45, 7) is -1.18. The molecule has 0 atom stereocenters. The molecule has 3 aromatic rings. The lowest BCUT2D eigenvalue weighted by atomic mass is 10.0. The minimum Gasteiger partial charge on any atom is -0.507 e. The number of aliphatic carboxylic acids is 2. The highest BCUT2D eigenvalue weighted by molar-refractivity contribution is 6.37. The van der Waals surface area contributed by atoms with Crippen LogP contribution in [-0.2, 0) is 9.59 Å². The third kappa shape index (κ3) is 6.11. The van der Waals surface area contributed by atoms with E-state index in [-0.39, 0.29) is 38.5 Å². The van der Waals surface area contributed by atoms with E-state index in [1.54, 1.807) is 12.1 Å². The average molecular weight is 525 g/mol. The summed E-state index contributed by atoms with van der Waals surface area (Å²) in [6, 6.07) is 12.7. The molecular weight excluding hydrogens is 509 g/mol. The number of phenolic OH excluding ortho intramolecular Hbond substituents is 1. The number of aromatic hydroxyl groups is 1. The Hall–Kier alpha value is -3.46. The van der Waals surface area contributed by atoms with Gasteiger partial charge in [-0.3, -0.25) is 14.4 Å². The molecule has 176 valence electrons. The van der Waals surface area contributed by atoms with Crippen LogP contribution in [0.5, 0.6) is 17.2 Å². The average Bonchev–Trinajstić information content (AvgIpc) is 2.76. The molecule has 3 N–H and O–H groups in total. The zero-order valence-electron chi connectivity index (χ0n) is 17.2. The van der Waals surface area contributed by atoms with Gasteiger partial charge >= 0.3 is 11.9 Å². The topological polar surface area (TPSA) is 124 Å². The SMILES string of the molecule is O=C(O)CN(CC(=O)O)c1cc(Cl)c(Oc2ccc(O)c(C(=O)c3ccc(Cl)cc3)c2)c(Cl)c1. The largest absolute Gasteiger partial charge is 0.507 e. The van der Waals surface area contributed by atoms with Gasteiger partial charge in [-0.1, -0.05) is 34.8 Å². The second-order valence-corrected chi connectivity index (χ2v) is 8.25. The fraction of sp³-hybridized carbons (Fsp3) is 0.0870. The van der Waals surface area contributed by atoms with Crippen molar-refractivity contribution >= 4 is 58.2 Å². The Balaban J connectivity index is 1.91. The monoisotopic (exact) mass is 523 g/mol. The number of ether oxygens (including phenoxy) is 1. The van der Waals surface area contributed by atoms with Crippen LogP contribution >= 0.6 is 34.8 Å². The lowest BCUT2D eigenvalue weighted by Gasteiger charge is -2.22. The molecule has 0 radical (unpaired) electrons. The van der Waals surface area contributed by atoms with Gasteiger partial charge in [0.2, 0.25) is 0 Å². The smallest absolute Gasteiger partial charge is 0.323 e. The number of anilines is 1. The van der Waals surface area contributed by atoms with E-state index in [2.05, 4.69) is 0 Å². The predicted molar refractivity (Wildman–Crippen MR) is 127 cm³/mol. The molecule has 0 aromatic heterocycles. The molecule has 0 spiro atoms. The number of hydrogen-bond donors (Lipinski definition) is 3. The van der Waals surface area contributed by atoms with Crippen LogP contribution in [0.25, 0.3) is 0 Å². The summed E-state index contributed by atoms with van der Waals surface area (Å²) >= 11 is 18.4. The Bertz CT molecular complexity index is 1220. The van der Waals surface area contributed by atoms with Crippen molar-refractivity contribution in [3.63, 3.8) is 0 Å². The summed E-state index contributed by atoms with van der Waals surface area (Å²) < 4.78 is 5.74. The quantitative estimate of drug-likeness (QED) is 0.320. The van der Waals surface area contributed by atoms with Gasteiger partial charge in [-0.05, 0) is 54.6 Å². The lowest BCUT2D eigenvalue weighted by molar-refractivity contribution is -0.136. The number of carboxylic acid groups (broad SMARTS) is 2. The van der Waals surface area contributed by atoms with E-state index in [9.17, 15) is 19.5 Å². The lowest BCUT2D eigenvalue weighted by Crippen LogP contribution is -2.34. The Labute approximate surface area is 208 Å². The van der Waals surface area contributed by atoms with Gasteiger partial charge < -0.3 is 25.0 Å². The first-order valence-electron chi connectivity index (χ1n) is 9.54. The number of hydrogen-bond acceptors (Lipinski definition) is 6. The molecule has 0 aliphatic rings. The van der Waals surface area contributed by atoms with E-state index in [0.717, 1.165) is 4.90 Å². The van der Waals surface area contributed by atoms with Gasteiger partial charge in [-0.15, -0.1) is 0 Å². The second-order valence-electron chi connectivity index (χ2n) is 7.00. The first-order valence-corrected chi connectivity index (χ1v) is 10.7. The van der Waals surface area contributed by atoms with Crippen molar-refractivity contribution < 1.29 is 34.4 Å². The van der Waals surface area contributed by atoms with E-state index < -0.39 is 30.8 Å². The Morgan fingerprint density at radius 2 is 1.38 bits per heavy atom.